The summed E-state index contributed by atoms with van der Waals surface area (Å²) in [6, 6.07) is 0.249. The molecule has 0 aliphatic heterocycles. The molecule has 6 heteroatoms. The number of hydrogen-bond acceptors (Lipinski definition) is 4. The zero-order chi connectivity index (χ0) is 11.3. The van der Waals surface area contributed by atoms with Gasteiger partial charge in [0.25, 0.3) is 0 Å². The molecule has 1 aliphatic carbocycles. The van der Waals surface area contributed by atoms with Crippen LogP contribution in [0, 0.1) is 5.92 Å². The number of methoxy groups -OCH3 is 1. The Labute approximate surface area is 91.4 Å². The maximum atomic E-state index is 11.4. The zero-order valence-corrected chi connectivity index (χ0v) is 9.92. The largest absolute Gasteiger partial charge is 0.384 e. The standard InChI is InChI=1S/C9H20N2O3S/c1-14-4-5-15(12,13)11-7-8-2-3-9(10)6-8/h8-9,11H,2-7,10H2,1H3. The zero-order valence-electron chi connectivity index (χ0n) is 9.11. The first kappa shape index (κ1) is 12.9. The predicted octanol–water partition coefficient (Wildman–Crippen LogP) is -0.320. The molecule has 0 heterocycles. The molecule has 5 nitrogen and oxygen atoms in total. The van der Waals surface area contributed by atoms with Gasteiger partial charge in [-0.25, -0.2) is 13.1 Å². The lowest BCUT2D eigenvalue weighted by Crippen LogP contribution is -2.32. The van der Waals surface area contributed by atoms with E-state index in [0.717, 1.165) is 19.3 Å². The molecule has 2 unspecified atom stereocenters. The Bertz CT molecular complexity index is 279. The number of sulfonamides is 1. The molecule has 2 atom stereocenters. The van der Waals surface area contributed by atoms with E-state index in [1.807, 2.05) is 0 Å². The topological polar surface area (TPSA) is 81.4 Å². The fourth-order valence-corrected chi connectivity index (χ4v) is 2.83. The molecule has 0 aromatic heterocycles. The number of rotatable bonds is 6. The smallest absolute Gasteiger partial charge is 0.213 e. The summed E-state index contributed by atoms with van der Waals surface area (Å²) < 4.78 is 30.1. The Hall–Kier alpha value is -0.170. The summed E-state index contributed by atoms with van der Waals surface area (Å²) in [4.78, 5) is 0. The first-order valence-electron chi connectivity index (χ1n) is 5.25. The van der Waals surface area contributed by atoms with Gasteiger partial charge in [-0.2, -0.15) is 0 Å². The number of ether oxygens (including phenoxy) is 1. The number of hydrogen-bond donors (Lipinski definition) is 2. The van der Waals surface area contributed by atoms with Crippen LogP contribution < -0.4 is 10.5 Å². The summed E-state index contributed by atoms with van der Waals surface area (Å²) in [6.45, 7) is 0.749. The molecule has 0 spiro atoms. The highest BCUT2D eigenvalue weighted by Crippen LogP contribution is 2.23. The Balaban J connectivity index is 2.24. The highest BCUT2D eigenvalue weighted by molar-refractivity contribution is 7.89. The van der Waals surface area contributed by atoms with Crippen molar-refractivity contribution in [2.75, 3.05) is 26.0 Å². The first-order valence-corrected chi connectivity index (χ1v) is 6.90. The van der Waals surface area contributed by atoms with Gasteiger partial charge in [-0.15, -0.1) is 0 Å². The van der Waals surface area contributed by atoms with Gasteiger partial charge in [0.1, 0.15) is 0 Å². The van der Waals surface area contributed by atoms with Crippen LogP contribution in [0.4, 0.5) is 0 Å². The van der Waals surface area contributed by atoms with Crippen LogP contribution in [0.15, 0.2) is 0 Å². The maximum Gasteiger partial charge on any atom is 0.213 e. The third-order valence-corrected chi connectivity index (χ3v) is 4.04. The van der Waals surface area contributed by atoms with Gasteiger partial charge in [0.2, 0.25) is 10.0 Å². The van der Waals surface area contributed by atoms with Crippen LogP contribution in [-0.2, 0) is 14.8 Å². The van der Waals surface area contributed by atoms with E-state index in [1.54, 1.807) is 0 Å². The fraction of sp³-hybridized carbons (Fsp3) is 1.00. The van der Waals surface area contributed by atoms with E-state index >= 15 is 0 Å². The van der Waals surface area contributed by atoms with Crippen LogP contribution >= 0.6 is 0 Å². The third-order valence-electron chi connectivity index (χ3n) is 2.73. The molecule has 15 heavy (non-hydrogen) atoms. The highest BCUT2D eigenvalue weighted by Gasteiger charge is 2.23. The minimum Gasteiger partial charge on any atom is -0.384 e. The SMILES string of the molecule is COCCS(=O)(=O)NCC1CCC(N)C1. The van der Waals surface area contributed by atoms with Crippen molar-refractivity contribution in [3.8, 4) is 0 Å². The van der Waals surface area contributed by atoms with E-state index in [-0.39, 0.29) is 18.4 Å². The minimum atomic E-state index is -3.16. The fourth-order valence-electron chi connectivity index (χ4n) is 1.81. The van der Waals surface area contributed by atoms with Crippen molar-refractivity contribution in [2.45, 2.75) is 25.3 Å². The molecule has 0 aromatic carbocycles. The average Bonchev–Trinajstić information content (AvgIpc) is 2.59. The van der Waals surface area contributed by atoms with E-state index < -0.39 is 10.0 Å². The molecule has 0 aromatic rings. The van der Waals surface area contributed by atoms with Gasteiger partial charge in [0.05, 0.1) is 12.4 Å². The second-order valence-corrected chi connectivity index (χ2v) is 6.03. The summed E-state index contributed by atoms with van der Waals surface area (Å²) in [6.07, 6.45) is 2.95. The van der Waals surface area contributed by atoms with E-state index in [2.05, 4.69) is 4.72 Å². The predicted molar refractivity (Wildman–Crippen MR) is 59.0 cm³/mol. The Morgan fingerprint density at radius 1 is 1.47 bits per heavy atom. The van der Waals surface area contributed by atoms with Gasteiger partial charge in [0.15, 0.2) is 0 Å². The van der Waals surface area contributed by atoms with Crippen molar-refractivity contribution in [3.63, 3.8) is 0 Å². The molecule has 0 amide bonds. The summed E-state index contributed by atoms with van der Waals surface area (Å²) in [7, 11) is -1.67. The maximum absolute atomic E-state index is 11.4. The molecule has 1 aliphatic rings. The monoisotopic (exact) mass is 236 g/mol. The normalized spacial score (nSPS) is 27.1. The van der Waals surface area contributed by atoms with Crippen molar-refractivity contribution >= 4 is 10.0 Å². The molecule has 0 radical (unpaired) electrons. The van der Waals surface area contributed by atoms with Crippen molar-refractivity contribution in [1.82, 2.24) is 4.72 Å². The average molecular weight is 236 g/mol. The summed E-state index contributed by atoms with van der Waals surface area (Å²) in [5.41, 5.74) is 5.75. The van der Waals surface area contributed by atoms with Crippen molar-refractivity contribution < 1.29 is 13.2 Å². The summed E-state index contributed by atoms with van der Waals surface area (Å²) >= 11 is 0. The van der Waals surface area contributed by atoms with E-state index in [1.165, 1.54) is 7.11 Å². The van der Waals surface area contributed by atoms with Gasteiger partial charge in [-0.3, -0.25) is 0 Å². The number of nitrogens with two attached hydrogens (primary N) is 1. The van der Waals surface area contributed by atoms with Crippen LogP contribution in [-0.4, -0.2) is 40.5 Å². The first-order chi connectivity index (χ1) is 7.03. The molecule has 0 saturated heterocycles. The van der Waals surface area contributed by atoms with Crippen LogP contribution in [0.5, 0.6) is 0 Å². The number of nitrogens with one attached hydrogen (secondary N) is 1. The minimum absolute atomic E-state index is 0.0300. The van der Waals surface area contributed by atoms with Crippen LogP contribution in [0.1, 0.15) is 19.3 Å². The summed E-state index contributed by atoms with van der Waals surface area (Å²) in [5, 5.41) is 0. The van der Waals surface area contributed by atoms with Gasteiger partial charge in [0, 0.05) is 19.7 Å². The Morgan fingerprint density at radius 2 is 2.20 bits per heavy atom. The molecule has 0 bridgehead atoms. The van der Waals surface area contributed by atoms with Crippen molar-refractivity contribution in [1.29, 1.82) is 0 Å². The van der Waals surface area contributed by atoms with Gasteiger partial charge < -0.3 is 10.5 Å². The molecule has 1 rings (SSSR count). The molecular formula is C9H20N2O3S. The lowest BCUT2D eigenvalue weighted by atomic mass is 10.1. The van der Waals surface area contributed by atoms with E-state index in [9.17, 15) is 8.42 Å². The third kappa shape index (κ3) is 4.92. The van der Waals surface area contributed by atoms with Gasteiger partial charge >= 0.3 is 0 Å². The van der Waals surface area contributed by atoms with Gasteiger partial charge in [-0.1, -0.05) is 0 Å². The Morgan fingerprint density at radius 3 is 2.73 bits per heavy atom. The van der Waals surface area contributed by atoms with Crippen LogP contribution in [0.2, 0.25) is 0 Å². The van der Waals surface area contributed by atoms with Crippen molar-refractivity contribution in [2.24, 2.45) is 11.7 Å². The lowest BCUT2D eigenvalue weighted by molar-refractivity contribution is 0.217. The Kier molecular flexibility index (Phi) is 4.98. The second-order valence-electron chi connectivity index (χ2n) is 4.10. The van der Waals surface area contributed by atoms with Crippen molar-refractivity contribution in [3.05, 3.63) is 0 Å². The van der Waals surface area contributed by atoms with E-state index in [4.69, 9.17) is 10.5 Å². The van der Waals surface area contributed by atoms with E-state index in [0.29, 0.717) is 12.5 Å². The molecule has 90 valence electrons. The second kappa shape index (κ2) is 5.79. The molecule has 1 saturated carbocycles. The van der Waals surface area contributed by atoms with Crippen LogP contribution in [0.3, 0.4) is 0 Å². The van der Waals surface area contributed by atoms with Crippen LogP contribution in [0.25, 0.3) is 0 Å². The molecule has 3 N–H and O–H groups in total. The quantitative estimate of drug-likeness (QED) is 0.662. The molecule has 1 fully saturated rings. The van der Waals surface area contributed by atoms with Gasteiger partial charge in [-0.05, 0) is 25.2 Å². The molecular weight excluding hydrogens is 216 g/mol. The highest BCUT2D eigenvalue weighted by atomic mass is 32.2. The summed E-state index contributed by atoms with van der Waals surface area (Å²) in [5.74, 6) is 0.430. The lowest BCUT2D eigenvalue weighted by Gasteiger charge is -2.11.